The Bertz CT molecular complexity index is 1210. The number of carbonyl (C=O) groups excluding carboxylic acids is 2. The van der Waals surface area contributed by atoms with Gasteiger partial charge >= 0.3 is 5.97 Å². The smallest absolute Gasteiger partial charge is 0.338 e. The van der Waals surface area contributed by atoms with E-state index in [0.717, 1.165) is 5.52 Å². The standard InChI is InChI=1S/C19H15N5O4/c25-17(10-28-19(27)12-6-7-14-15(8-12)21-11-20-14)22-16-9-18(26)24(23-16)13-4-2-1-3-5-13/h1-9,11,23H,10H2,(H,20,21)(H,22,25). The van der Waals surface area contributed by atoms with E-state index >= 15 is 0 Å². The molecule has 1 amide bonds. The van der Waals surface area contributed by atoms with Crippen LogP contribution in [-0.4, -0.2) is 38.2 Å². The second kappa shape index (κ2) is 7.23. The molecule has 140 valence electrons. The van der Waals surface area contributed by atoms with Crippen LogP contribution in [0.5, 0.6) is 0 Å². The van der Waals surface area contributed by atoms with Gasteiger partial charge < -0.3 is 15.0 Å². The lowest BCUT2D eigenvalue weighted by Crippen LogP contribution is -2.21. The number of amides is 1. The molecule has 2 aromatic carbocycles. The van der Waals surface area contributed by atoms with E-state index in [4.69, 9.17) is 4.74 Å². The van der Waals surface area contributed by atoms with Crippen LogP contribution in [0.15, 0.2) is 65.7 Å². The van der Waals surface area contributed by atoms with Gasteiger partial charge in [-0.25, -0.2) is 14.5 Å². The van der Waals surface area contributed by atoms with Crippen LogP contribution in [0.25, 0.3) is 16.7 Å². The molecule has 4 rings (SSSR count). The van der Waals surface area contributed by atoms with Crippen molar-refractivity contribution < 1.29 is 14.3 Å². The van der Waals surface area contributed by atoms with Gasteiger partial charge in [-0.15, -0.1) is 0 Å². The second-order valence-electron chi connectivity index (χ2n) is 5.94. The molecule has 28 heavy (non-hydrogen) atoms. The molecular weight excluding hydrogens is 362 g/mol. The number of benzene rings is 2. The van der Waals surface area contributed by atoms with Crippen molar-refractivity contribution >= 4 is 28.7 Å². The van der Waals surface area contributed by atoms with Gasteiger partial charge in [0, 0.05) is 6.07 Å². The molecule has 2 heterocycles. The fraction of sp³-hybridized carbons (Fsp3) is 0.0526. The van der Waals surface area contributed by atoms with E-state index in [-0.39, 0.29) is 11.4 Å². The summed E-state index contributed by atoms with van der Waals surface area (Å²) in [5.41, 5.74) is 2.02. The minimum atomic E-state index is -0.637. The zero-order valence-electron chi connectivity index (χ0n) is 14.5. The Morgan fingerprint density at radius 1 is 1.11 bits per heavy atom. The van der Waals surface area contributed by atoms with Crippen molar-refractivity contribution in [1.29, 1.82) is 0 Å². The maximum atomic E-state index is 12.1. The first-order chi connectivity index (χ1) is 13.6. The summed E-state index contributed by atoms with van der Waals surface area (Å²) in [5, 5.41) is 5.28. The lowest BCUT2D eigenvalue weighted by Gasteiger charge is -2.06. The van der Waals surface area contributed by atoms with E-state index in [0.29, 0.717) is 16.8 Å². The molecule has 9 nitrogen and oxygen atoms in total. The summed E-state index contributed by atoms with van der Waals surface area (Å²) in [4.78, 5) is 43.2. The van der Waals surface area contributed by atoms with E-state index in [1.165, 1.54) is 17.1 Å². The molecular formula is C19H15N5O4. The third-order valence-corrected chi connectivity index (χ3v) is 4.00. The molecule has 0 unspecified atom stereocenters. The number of para-hydroxylation sites is 1. The fourth-order valence-electron chi connectivity index (χ4n) is 2.69. The normalized spacial score (nSPS) is 10.7. The minimum absolute atomic E-state index is 0.203. The summed E-state index contributed by atoms with van der Waals surface area (Å²) in [6.07, 6.45) is 1.52. The second-order valence-corrected chi connectivity index (χ2v) is 5.94. The summed E-state index contributed by atoms with van der Waals surface area (Å²) in [6, 6.07) is 15.0. The molecule has 0 fully saturated rings. The number of ether oxygens (including phenoxy) is 1. The van der Waals surface area contributed by atoms with Gasteiger partial charge in [-0.2, -0.15) is 0 Å². The number of rotatable bonds is 5. The number of hydrogen-bond donors (Lipinski definition) is 3. The SMILES string of the molecule is O=C(COC(=O)c1ccc2nc[nH]c2c1)Nc1cc(=O)n(-c2ccccc2)[nH]1. The monoisotopic (exact) mass is 377 g/mol. The topological polar surface area (TPSA) is 122 Å². The van der Waals surface area contributed by atoms with Crippen LogP contribution in [0.1, 0.15) is 10.4 Å². The maximum Gasteiger partial charge on any atom is 0.338 e. The van der Waals surface area contributed by atoms with Gasteiger partial charge in [-0.05, 0) is 30.3 Å². The van der Waals surface area contributed by atoms with Crippen molar-refractivity contribution in [2.45, 2.75) is 0 Å². The van der Waals surface area contributed by atoms with Crippen molar-refractivity contribution in [2.24, 2.45) is 0 Å². The van der Waals surface area contributed by atoms with Crippen molar-refractivity contribution in [3.8, 4) is 5.69 Å². The Morgan fingerprint density at radius 3 is 2.75 bits per heavy atom. The van der Waals surface area contributed by atoms with Crippen LogP contribution in [-0.2, 0) is 9.53 Å². The van der Waals surface area contributed by atoms with Crippen molar-refractivity contribution in [3.63, 3.8) is 0 Å². The highest BCUT2D eigenvalue weighted by atomic mass is 16.5. The number of aromatic nitrogens is 4. The Morgan fingerprint density at radius 2 is 1.93 bits per heavy atom. The van der Waals surface area contributed by atoms with Crippen LogP contribution in [0, 0.1) is 0 Å². The van der Waals surface area contributed by atoms with Crippen LogP contribution in [0.2, 0.25) is 0 Å². The number of nitrogens with zero attached hydrogens (tertiary/aromatic N) is 2. The van der Waals surface area contributed by atoms with Crippen molar-refractivity contribution in [1.82, 2.24) is 19.7 Å². The van der Waals surface area contributed by atoms with Gasteiger partial charge in [0.25, 0.3) is 11.5 Å². The molecule has 0 saturated heterocycles. The molecule has 0 spiro atoms. The molecule has 4 aromatic rings. The molecule has 0 aliphatic heterocycles. The summed E-state index contributed by atoms with van der Waals surface area (Å²) in [6.45, 7) is -0.488. The molecule has 0 bridgehead atoms. The van der Waals surface area contributed by atoms with Gasteiger partial charge in [0.05, 0.1) is 28.6 Å². The molecule has 0 saturated carbocycles. The van der Waals surface area contributed by atoms with Gasteiger partial charge in [0.2, 0.25) is 0 Å². The highest BCUT2D eigenvalue weighted by Crippen LogP contribution is 2.12. The number of aromatic amines is 2. The predicted molar refractivity (Wildman–Crippen MR) is 101 cm³/mol. The quantitative estimate of drug-likeness (QED) is 0.458. The third kappa shape index (κ3) is 3.54. The average molecular weight is 377 g/mol. The highest BCUT2D eigenvalue weighted by molar-refractivity contribution is 5.96. The van der Waals surface area contributed by atoms with Gasteiger partial charge in [0.15, 0.2) is 6.61 Å². The van der Waals surface area contributed by atoms with Crippen molar-refractivity contribution in [2.75, 3.05) is 11.9 Å². The summed E-state index contributed by atoms with van der Waals surface area (Å²) in [7, 11) is 0. The molecule has 9 heteroatoms. The number of nitrogens with one attached hydrogen (secondary N) is 3. The first-order valence-corrected chi connectivity index (χ1v) is 8.38. The molecule has 3 N–H and O–H groups in total. The van der Waals surface area contributed by atoms with Gasteiger partial charge in [-0.1, -0.05) is 18.2 Å². The fourth-order valence-corrected chi connectivity index (χ4v) is 2.69. The number of esters is 1. The zero-order valence-corrected chi connectivity index (χ0v) is 14.5. The number of H-pyrrole nitrogens is 2. The van der Waals surface area contributed by atoms with E-state index in [9.17, 15) is 14.4 Å². The maximum absolute atomic E-state index is 12.1. The summed E-state index contributed by atoms with van der Waals surface area (Å²) < 4.78 is 6.32. The molecule has 2 aromatic heterocycles. The third-order valence-electron chi connectivity index (χ3n) is 4.00. The van der Waals surface area contributed by atoms with E-state index in [2.05, 4.69) is 20.4 Å². The number of hydrogen-bond acceptors (Lipinski definition) is 5. The molecule has 0 atom stereocenters. The van der Waals surface area contributed by atoms with E-state index in [1.54, 1.807) is 42.5 Å². The number of imidazole rings is 1. The lowest BCUT2D eigenvalue weighted by molar-refractivity contribution is -0.119. The summed E-state index contributed by atoms with van der Waals surface area (Å²) in [5.74, 6) is -1.01. The number of fused-ring (bicyclic) bond motifs is 1. The minimum Gasteiger partial charge on any atom is -0.452 e. The Kier molecular flexibility index (Phi) is 4.47. The van der Waals surface area contributed by atoms with Crippen LogP contribution in [0.3, 0.4) is 0 Å². The predicted octanol–water partition coefficient (Wildman–Crippen LogP) is 1.84. The van der Waals surface area contributed by atoms with E-state index < -0.39 is 18.5 Å². The summed E-state index contributed by atoms with van der Waals surface area (Å²) >= 11 is 0. The van der Waals surface area contributed by atoms with Crippen LogP contribution < -0.4 is 10.9 Å². The number of anilines is 1. The highest BCUT2D eigenvalue weighted by Gasteiger charge is 2.13. The Hall–Kier alpha value is -4.14. The Labute approximate surface area is 158 Å². The largest absolute Gasteiger partial charge is 0.452 e. The first-order valence-electron chi connectivity index (χ1n) is 8.38. The van der Waals surface area contributed by atoms with Crippen LogP contribution >= 0.6 is 0 Å². The molecule has 0 aliphatic carbocycles. The number of carbonyl (C=O) groups is 2. The Balaban J connectivity index is 1.38. The molecule has 0 radical (unpaired) electrons. The van der Waals surface area contributed by atoms with E-state index in [1.807, 2.05) is 6.07 Å². The lowest BCUT2D eigenvalue weighted by atomic mass is 10.2. The average Bonchev–Trinajstić information content (AvgIpc) is 3.32. The molecule has 0 aliphatic rings. The zero-order chi connectivity index (χ0) is 19.5. The van der Waals surface area contributed by atoms with Gasteiger partial charge in [-0.3, -0.25) is 14.7 Å². The van der Waals surface area contributed by atoms with Crippen LogP contribution in [0.4, 0.5) is 5.82 Å². The van der Waals surface area contributed by atoms with Crippen molar-refractivity contribution in [3.05, 3.63) is 76.8 Å². The first kappa shape index (κ1) is 17.3. The van der Waals surface area contributed by atoms with Gasteiger partial charge in [0.1, 0.15) is 5.82 Å².